The number of ether oxygens (including phenoxy) is 2. The SMILES string of the molecule is COc1ccc(-c2nn(-c3ccccc3)cc2CN2CCN(C(=O)[C@@H]3CCCO3)CC2)cc1. The first-order chi connectivity index (χ1) is 16.2. The number of amides is 1. The van der Waals surface area contributed by atoms with Gasteiger partial charge in [-0.3, -0.25) is 9.69 Å². The number of carbonyl (C=O) groups excluding carboxylic acids is 1. The van der Waals surface area contributed by atoms with Crippen LogP contribution in [0, 0.1) is 0 Å². The lowest BCUT2D eigenvalue weighted by Gasteiger charge is -2.35. The first kappa shape index (κ1) is 21.7. The van der Waals surface area contributed by atoms with Crippen LogP contribution in [0.5, 0.6) is 5.75 Å². The second kappa shape index (κ2) is 9.77. The number of para-hydroxylation sites is 1. The lowest BCUT2D eigenvalue weighted by Crippen LogP contribution is -2.51. The van der Waals surface area contributed by atoms with Crippen LogP contribution in [0.1, 0.15) is 18.4 Å². The number of rotatable bonds is 6. The quantitative estimate of drug-likeness (QED) is 0.581. The van der Waals surface area contributed by atoms with Gasteiger partial charge in [0.1, 0.15) is 11.9 Å². The molecule has 0 bridgehead atoms. The highest BCUT2D eigenvalue weighted by atomic mass is 16.5. The Kier molecular flexibility index (Phi) is 6.41. The Morgan fingerprint density at radius 1 is 1.06 bits per heavy atom. The third kappa shape index (κ3) is 4.79. The van der Waals surface area contributed by atoms with E-state index in [2.05, 4.69) is 35.4 Å². The highest BCUT2D eigenvalue weighted by Gasteiger charge is 2.30. The van der Waals surface area contributed by atoms with Gasteiger partial charge in [-0.15, -0.1) is 0 Å². The van der Waals surface area contributed by atoms with Gasteiger partial charge in [-0.2, -0.15) is 5.10 Å². The Labute approximate surface area is 194 Å². The molecule has 3 aromatic rings. The molecule has 2 aliphatic heterocycles. The van der Waals surface area contributed by atoms with Crippen molar-refractivity contribution in [1.82, 2.24) is 19.6 Å². The van der Waals surface area contributed by atoms with E-state index >= 15 is 0 Å². The number of piperazine rings is 1. The van der Waals surface area contributed by atoms with Gasteiger partial charge >= 0.3 is 0 Å². The Morgan fingerprint density at radius 2 is 1.82 bits per heavy atom. The molecule has 2 saturated heterocycles. The normalized spacial score (nSPS) is 19.1. The van der Waals surface area contributed by atoms with E-state index in [-0.39, 0.29) is 12.0 Å². The van der Waals surface area contributed by atoms with Gasteiger partial charge in [-0.1, -0.05) is 18.2 Å². The zero-order valence-corrected chi connectivity index (χ0v) is 19.0. The predicted molar refractivity (Wildman–Crippen MR) is 126 cm³/mol. The molecule has 1 aromatic heterocycles. The standard InChI is InChI=1S/C26H30N4O3/c1-32-23-11-9-20(10-12-23)25-21(19-30(27-25)22-6-3-2-4-7-22)18-28-13-15-29(16-14-28)26(31)24-8-5-17-33-24/h2-4,6-7,9-12,19,24H,5,8,13-18H2,1H3/t24-/m0/s1. The fraction of sp³-hybridized carbons (Fsp3) is 0.385. The van der Waals surface area contributed by atoms with Crippen molar-refractivity contribution < 1.29 is 14.3 Å². The fourth-order valence-electron chi connectivity index (χ4n) is 4.57. The summed E-state index contributed by atoms with van der Waals surface area (Å²) in [6, 6.07) is 18.2. The third-order valence-electron chi connectivity index (χ3n) is 6.46. The van der Waals surface area contributed by atoms with Crippen LogP contribution in [0.25, 0.3) is 16.9 Å². The van der Waals surface area contributed by atoms with Gasteiger partial charge in [0.2, 0.25) is 0 Å². The molecule has 2 fully saturated rings. The number of nitrogens with zero attached hydrogens (tertiary/aromatic N) is 4. The minimum Gasteiger partial charge on any atom is -0.497 e. The minimum atomic E-state index is -0.234. The maximum Gasteiger partial charge on any atom is 0.251 e. The molecule has 7 heteroatoms. The Morgan fingerprint density at radius 3 is 2.48 bits per heavy atom. The zero-order chi connectivity index (χ0) is 22.6. The van der Waals surface area contributed by atoms with Gasteiger partial charge in [0.25, 0.3) is 5.91 Å². The molecule has 7 nitrogen and oxygen atoms in total. The molecule has 0 N–H and O–H groups in total. The summed E-state index contributed by atoms with van der Waals surface area (Å²) in [5, 5.41) is 4.94. The van der Waals surface area contributed by atoms with Crippen LogP contribution in [-0.4, -0.2) is 71.5 Å². The first-order valence-corrected chi connectivity index (χ1v) is 11.6. The molecule has 2 aliphatic rings. The zero-order valence-electron chi connectivity index (χ0n) is 19.0. The third-order valence-corrected chi connectivity index (χ3v) is 6.46. The molecule has 0 radical (unpaired) electrons. The molecule has 1 atom stereocenters. The maximum atomic E-state index is 12.7. The highest BCUT2D eigenvalue weighted by Crippen LogP contribution is 2.27. The molecule has 172 valence electrons. The monoisotopic (exact) mass is 446 g/mol. The highest BCUT2D eigenvalue weighted by molar-refractivity contribution is 5.81. The van der Waals surface area contributed by atoms with E-state index in [1.807, 2.05) is 39.9 Å². The lowest BCUT2D eigenvalue weighted by atomic mass is 10.1. The fourth-order valence-corrected chi connectivity index (χ4v) is 4.57. The lowest BCUT2D eigenvalue weighted by molar-refractivity contribution is -0.142. The van der Waals surface area contributed by atoms with Crippen molar-refractivity contribution in [3.05, 3.63) is 66.4 Å². The van der Waals surface area contributed by atoms with Crippen LogP contribution in [0.15, 0.2) is 60.8 Å². The van der Waals surface area contributed by atoms with Gasteiger partial charge < -0.3 is 14.4 Å². The van der Waals surface area contributed by atoms with Gasteiger partial charge in [0.05, 0.1) is 18.5 Å². The number of aromatic nitrogens is 2. The van der Waals surface area contributed by atoms with Crippen LogP contribution >= 0.6 is 0 Å². The van der Waals surface area contributed by atoms with Crippen LogP contribution in [-0.2, 0) is 16.1 Å². The molecule has 3 heterocycles. The molecule has 0 aliphatic carbocycles. The van der Waals surface area contributed by atoms with Gasteiger partial charge in [-0.05, 0) is 49.2 Å². The van der Waals surface area contributed by atoms with Crippen molar-refractivity contribution in [2.45, 2.75) is 25.5 Å². The second-order valence-corrected chi connectivity index (χ2v) is 8.61. The second-order valence-electron chi connectivity index (χ2n) is 8.61. The maximum absolute atomic E-state index is 12.7. The summed E-state index contributed by atoms with van der Waals surface area (Å²) in [4.78, 5) is 17.0. The van der Waals surface area contributed by atoms with Crippen molar-refractivity contribution >= 4 is 5.91 Å². The summed E-state index contributed by atoms with van der Waals surface area (Å²) >= 11 is 0. The summed E-state index contributed by atoms with van der Waals surface area (Å²) in [5.41, 5.74) is 4.24. The van der Waals surface area contributed by atoms with Crippen LogP contribution in [0.2, 0.25) is 0 Å². The Balaban J connectivity index is 1.33. The number of methoxy groups -OCH3 is 1. The predicted octanol–water partition coefficient (Wildman–Crippen LogP) is 3.37. The average molecular weight is 447 g/mol. The summed E-state index contributed by atoms with van der Waals surface area (Å²) in [5.74, 6) is 0.984. The molecular formula is C26H30N4O3. The van der Waals surface area contributed by atoms with Gasteiger partial charge in [-0.25, -0.2) is 4.68 Å². The Hall–Kier alpha value is -3.16. The number of hydrogen-bond donors (Lipinski definition) is 0. The van der Waals surface area contributed by atoms with Gasteiger partial charge in [0, 0.05) is 56.7 Å². The number of carbonyl (C=O) groups is 1. The van der Waals surface area contributed by atoms with E-state index in [0.29, 0.717) is 6.61 Å². The first-order valence-electron chi connectivity index (χ1n) is 11.6. The molecule has 33 heavy (non-hydrogen) atoms. The van der Waals surface area contributed by atoms with Crippen molar-refractivity contribution in [2.24, 2.45) is 0 Å². The van der Waals surface area contributed by atoms with Crippen molar-refractivity contribution in [3.8, 4) is 22.7 Å². The van der Waals surface area contributed by atoms with E-state index in [1.165, 1.54) is 5.56 Å². The van der Waals surface area contributed by atoms with E-state index in [9.17, 15) is 4.79 Å². The van der Waals surface area contributed by atoms with E-state index in [0.717, 1.165) is 68.3 Å². The molecule has 2 aromatic carbocycles. The number of benzene rings is 2. The smallest absolute Gasteiger partial charge is 0.251 e. The minimum absolute atomic E-state index is 0.156. The molecule has 0 unspecified atom stereocenters. The van der Waals surface area contributed by atoms with Crippen molar-refractivity contribution in [2.75, 3.05) is 39.9 Å². The average Bonchev–Trinajstić information content (AvgIpc) is 3.56. The summed E-state index contributed by atoms with van der Waals surface area (Å²) in [7, 11) is 1.67. The van der Waals surface area contributed by atoms with Crippen LogP contribution in [0.3, 0.4) is 0 Å². The van der Waals surface area contributed by atoms with Gasteiger partial charge in [0.15, 0.2) is 0 Å². The summed E-state index contributed by atoms with van der Waals surface area (Å²) < 4.78 is 12.9. The Bertz CT molecular complexity index is 1070. The molecule has 0 spiro atoms. The van der Waals surface area contributed by atoms with Crippen LogP contribution in [0.4, 0.5) is 0 Å². The molecular weight excluding hydrogens is 416 g/mol. The van der Waals surface area contributed by atoms with E-state index in [4.69, 9.17) is 14.6 Å². The molecule has 0 saturated carbocycles. The summed E-state index contributed by atoms with van der Waals surface area (Å²) in [6.45, 7) is 4.66. The van der Waals surface area contributed by atoms with E-state index in [1.54, 1.807) is 7.11 Å². The van der Waals surface area contributed by atoms with Crippen molar-refractivity contribution in [1.29, 1.82) is 0 Å². The number of hydrogen-bond acceptors (Lipinski definition) is 5. The van der Waals surface area contributed by atoms with Crippen molar-refractivity contribution in [3.63, 3.8) is 0 Å². The van der Waals surface area contributed by atoms with E-state index < -0.39 is 0 Å². The topological polar surface area (TPSA) is 59.8 Å². The molecule has 5 rings (SSSR count). The summed E-state index contributed by atoms with van der Waals surface area (Å²) in [6.07, 6.45) is 3.72. The largest absolute Gasteiger partial charge is 0.497 e. The molecule has 1 amide bonds. The van der Waals surface area contributed by atoms with Crippen LogP contribution < -0.4 is 4.74 Å².